The number of aliphatic hydroxyl groups is 1. The van der Waals surface area contributed by atoms with Crippen molar-refractivity contribution in [2.24, 2.45) is 0 Å². The zero-order valence-electron chi connectivity index (χ0n) is 11.7. The van der Waals surface area contributed by atoms with Crippen LogP contribution in [-0.4, -0.2) is 60.8 Å². The molecule has 0 spiro atoms. The zero-order chi connectivity index (χ0) is 13.8. The van der Waals surface area contributed by atoms with Gasteiger partial charge in [-0.05, 0) is 67.2 Å². The Morgan fingerprint density at radius 3 is 2.63 bits per heavy atom. The normalized spacial score (nSPS) is 23.5. The molecule has 0 saturated carbocycles. The van der Waals surface area contributed by atoms with E-state index in [1.807, 2.05) is 0 Å². The molecule has 2 unspecified atom stereocenters. The summed E-state index contributed by atoms with van der Waals surface area (Å²) in [6.07, 6.45) is 1.36. The predicted molar refractivity (Wildman–Crippen MR) is 87.4 cm³/mol. The molecule has 1 heterocycles. The van der Waals surface area contributed by atoms with E-state index >= 15 is 0 Å². The molecule has 0 amide bonds. The molecule has 0 bridgehead atoms. The van der Waals surface area contributed by atoms with Crippen molar-refractivity contribution in [3.63, 3.8) is 0 Å². The van der Waals surface area contributed by atoms with Crippen molar-refractivity contribution in [1.82, 2.24) is 9.80 Å². The molecule has 2 rings (SSSR count). The first-order valence-electron chi connectivity index (χ1n) is 6.86. The molecule has 1 aromatic carbocycles. The summed E-state index contributed by atoms with van der Waals surface area (Å²) in [6.45, 7) is 3.28. The smallest absolute Gasteiger partial charge is 0.0595 e. The van der Waals surface area contributed by atoms with Gasteiger partial charge in [0.25, 0.3) is 0 Å². The fourth-order valence-corrected chi connectivity index (χ4v) is 3.01. The van der Waals surface area contributed by atoms with Gasteiger partial charge in [-0.3, -0.25) is 0 Å². The van der Waals surface area contributed by atoms with Crippen molar-refractivity contribution in [3.8, 4) is 0 Å². The maximum Gasteiger partial charge on any atom is 0.0595 e. The second kappa shape index (κ2) is 7.02. The minimum atomic E-state index is -0.251. The van der Waals surface area contributed by atoms with Gasteiger partial charge in [0, 0.05) is 29.2 Å². The third-order valence-electron chi connectivity index (χ3n) is 3.91. The monoisotopic (exact) mass is 374 g/mol. The average molecular weight is 374 g/mol. The fourth-order valence-electron chi connectivity index (χ4n) is 2.65. The maximum absolute atomic E-state index is 10.3. The Hall–Kier alpha value is -0.170. The van der Waals surface area contributed by atoms with E-state index in [-0.39, 0.29) is 6.10 Å². The van der Waals surface area contributed by atoms with Crippen LogP contribution in [0.4, 0.5) is 0 Å². The maximum atomic E-state index is 10.3. The first-order valence-corrected chi connectivity index (χ1v) is 7.94. The van der Waals surface area contributed by atoms with Gasteiger partial charge in [0.15, 0.2) is 0 Å². The van der Waals surface area contributed by atoms with Crippen LogP contribution in [0.1, 0.15) is 12.0 Å². The number of hydrogen-bond donors (Lipinski definition) is 1. The van der Waals surface area contributed by atoms with Crippen molar-refractivity contribution in [2.45, 2.75) is 25.0 Å². The van der Waals surface area contributed by atoms with Gasteiger partial charge in [-0.1, -0.05) is 12.1 Å². The lowest BCUT2D eigenvalue weighted by Crippen LogP contribution is -2.51. The lowest BCUT2D eigenvalue weighted by atomic mass is 10.00. The minimum Gasteiger partial charge on any atom is -0.393 e. The van der Waals surface area contributed by atoms with Crippen molar-refractivity contribution < 1.29 is 5.11 Å². The topological polar surface area (TPSA) is 26.7 Å². The van der Waals surface area contributed by atoms with Gasteiger partial charge < -0.3 is 14.9 Å². The van der Waals surface area contributed by atoms with Crippen LogP contribution in [0.25, 0.3) is 0 Å². The second-order valence-corrected chi connectivity index (χ2v) is 6.86. The van der Waals surface area contributed by atoms with Crippen LogP contribution in [0, 0.1) is 3.57 Å². The minimum absolute atomic E-state index is 0.251. The summed E-state index contributed by atoms with van der Waals surface area (Å²) >= 11 is 2.30. The summed E-state index contributed by atoms with van der Waals surface area (Å²) < 4.78 is 1.24. The Kier molecular flexibility index (Phi) is 5.62. The summed E-state index contributed by atoms with van der Waals surface area (Å²) in [5, 5.41) is 10.3. The van der Waals surface area contributed by atoms with Crippen molar-refractivity contribution in [3.05, 3.63) is 33.4 Å². The van der Waals surface area contributed by atoms with E-state index in [9.17, 15) is 5.11 Å². The second-order valence-electron chi connectivity index (χ2n) is 5.62. The van der Waals surface area contributed by atoms with Crippen LogP contribution in [-0.2, 0) is 6.42 Å². The molecule has 0 aromatic heterocycles. The van der Waals surface area contributed by atoms with E-state index in [0.717, 1.165) is 32.5 Å². The van der Waals surface area contributed by atoms with Crippen LogP contribution >= 0.6 is 22.6 Å². The molecule has 3 nitrogen and oxygen atoms in total. The lowest BCUT2D eigenvalue weighted by molar-refractivity contribution is 0.0639. The number of hydrogen-bond acceptors (Lipinski definition) is 3. The summed E-state index contributed by atoms with van der Waals surface area (Å²) in [5.74, 6) is 0. The third-order valence-corrected chi connectivity index (χ3v) is 4.63. The molecule has 0 radical (unpaired) electrons. The predicted octanol–water partition coefficient (Wildman–Crippen LogP) is 1.83. The van der Waals surface area contributed by atoms with E-state index in [4.69, 9.17) is 0 Å². The number of piperazine rings is 1. The molecule has 19 heavy (non-hydrogen) atoms. The number of halogens is 1. The van der Waals surface area contributed by atoms with Gasteiger partial charge in [0.05, 0.1) is 6.10 Å². The Morgan fingerprint density at radius 2 is 1.95 bits per heavy atom. The molecule has 1 fully saturated rings. The molecule has 1 N–H and O–H groups in total. The van der Waals surface area contributed by atoms with Gasteiger partial charge in [-0.15, -0.1) is 0 Å². The van der Waals surface area contributed by atoms with E-state index in [1.54, 1.807) is 0 Å². The molecule has 1 aromatic rings. The number of rotatable bonds is 4. The molecule has 1 aliphatic heterocycles. The fraction of sp³-hybridized carbons (Fsp3) is 0.600. The Bertz CT molecular complexity index is 396. The van der Waals surface area contributed by atoms with E-state index in [1.165, 1.54) is 9.13 Å². The van der Waals surface area contributed by atoms with Crippen LogP contribution in [0.5, 0.6) is 0 Å². The van der Waals surface area contributed by atoms with Crippen LogP contribution in [0.15, 0.2) is 24.3 Å². The number of likely N-dealkylation sites (N-methyl/N-ethyl adjacent to an activating group) is 2. The number of benzene rings is 1. The highest BCUT2D eigenvalue weighted by molar-refractivity contribution is 14.1. The highest BCUT2D eigenvalue weighted by atomic mass is 127. The van der Waals surface area contributed by atoms with Gasteiger partial charge in [0.2, 0.25) is 0 Å². The zero-order valence-corrected chi connectivity index (χ0v) is 13.9. The van der Waals surface area contributed by atoms with E-state index in [2.05, 4.69) is 70.8 Å². The molecule has 106 valence electrons. The Morgan fingerprint density at radius 1 is 1.26 bits per heavy atom. The molecule has 1 aliphatic rings. The van der Waals surface area contributed by atoms with Gasteiger partial charge in [0.1, 0.15) is 0 Å². The van der Waals surface area contributed by atoms with Crippen LogP contribution < -0.4 is 0 Å². The molecular formula is C15H23IN2O. The molecular weight excluding hydrogens is 351 g/mol. The van der Waals surface area contributed by atoms with Crippen LogP contribution in [0.3, 0.4) is 0 Å². The highest BCUT2D eigenvalue weighted by Crippen LogP contribution is 2.15. The summed E-state index contributed by atoms with van der Waals surface area (Å²) in [6, 6.07) is 8.90. The standard InChI is InChI=1S/C15H23IN2O/c1-17-7-8-18(2)14(11-17)10-15(19)9-12-3-5-13(16)6-4-12/h3-6,14-15,19H,7-11H2,1-2H3. The van der Waals surface area contributed by atoms with Crippen molar-refractivity contribution in [2.75, 3.05) is 33.7 Å². The summed E-state index contributed by atoms with van der Waals surface area (Å²) in [7, 11) is 4.32. The average Bonchev–Trinajstić information content (AvgIpc) is 2.37. The largest absolute Gasteiger partial charge is 0.393 e. The first kappa shape index (κ1) is 15.2. The quantitative estimate of drug-likeness (QED) is 0.815. The highest BCUT2D eigenvalue weighted by Gasteiger charge is 2.24. The number of aliphatic hydroxyl groups excluding tert-OH is 1. The van der Waals surface area contributed by atoms with Gasteiger partial charge in [-0.2, -0.15) is 0 Å². The van der Waals surface area contributed by atoms with E-state index in [0.29, 0.717) is 6.04 Å². The SMILES string of the molecule is CN1CCN(C)C(CC(O)Cc2ccc(I)cc2)C1. The molecule has 1 saturated heterocycles. The van der Waals surface area contributed by atoms with Crippen molar-refractivity contribution >= 4 is 22.6 Å². The van der Waals surface area contributed by atoms with E-state index < -0.39 is 0 Å². The lowest BCUT2D eigenvalue weighted by Gasteiger charge is -2.38. The Labute approximate surface area is 129 Å². The van der Waals surface area contributed by atoms with Gasteiger partial charge >= 0.3 is 0 Å². The summed E-state index contributed by atoms with van der Waals surface area (Å²) in [4.78, 5) is 4.72. The van der Waals surface area contributed by atoms with Crippen LogP contribution in [0.2, 0.25) is 0 Å². The Balaban J connectivity index is 1.86. The molecule has 4 heteroatoms. The first-order chi connectivity index (χ1) is 9.04. The summed E-state index contributed by atoms with van der Waals surface area (Å²) in [5.41, 5.74) is 1.22. The number of nitrogens with zero attached hydrogens (tertiary/aromatic N) is 2. The third kappa shape index (κ3) is 4.70. The van der Waals surface area contributed by atoms with Crippen molar-refractivity contribution in [1.29, 1.82) is 0 Å². The van der Waals surface area contributed by atoms with Gasteiger partial charge in [-0.25, -0.2) is 0 Å². The molecule has 0 aliphatic carbocycles. The molecule has 2 atom stereocenters.